The van der Waals surface area contributed by atoms with Crippen molar-refractivity contribution in [3.8, 4) is 11.5 Å². The molecule has 0 radical (unpaired) electrons. The lowest BCUT2D eigenvalue weighted by Gasteiger charge is -2.22. The van der Waals surface area contributed by atoms with E-state index in [0.29, 0.717) is 30.8 Å². The van der Waals surface area contributed by atoms with E-state index >= 15 is 0 Å². The summed E-state index contributed by atoms with van der Waals surface area (Å²) in [5.74, 6) is 1.18. The van der Waals surface area contributed by atoms with Crippen LogP contribution in [0.4, 0.5) is 0 Å². The highest BCUT2D eigenvalue weighted by atomic mass is 16.5. The number of rotatable bonds is 10. The van der Waals surface area contributed by atoms with Crippen molar-refractivity contribution in [1.82, 2.24) is 0 Å². The maximum atomic E-state index is 12.6. The average Bonchev–Trinajstić information content (AvgIpc) is 2.68. The van der Waals surface area contributed by atoms with Gasteiger partial charge in [-0.05, 0) is 88.4 Å². The van der Waals surface area contributed by atoms with Gasteiger partial charge in [0.1, 0.15) is 11.5 Å². The molecule has 0 bridgehead atoms. The summed E-state index contributed by atoms with van der Waals surface area (Å²) in [6, 6.07) is 12.9. The molecule has 2 rings (SSSR count). The van der Waals surface area contributed by atoms with Crippen LogP contribution in [0.1, 0.15) is 67.9 Å². The van der Waals surface area contributed by atoms with Crippen molar-refractivity contribution in [3.63, 3.8) is 0 Å². The van der Waals surface area contributed by atoms with Crippen molar-refractivity contribution in [2.45, 2.75) is 60.3 Å². The van der Waals surface area contributed by atoms with Gasteiger partial charge < -0.3 is 9.47 Å². The lowest BCUT2D eigenvalue weighted by atomic mass is 9.88. The molecular weight excluding hydrogens is 364 g/mol. The third-order valence-corrected chi connectivity index (χ3v) is 4.96. The molecule has 0 spiro atoms. The fraction of sp³-hybridized carbons (Fsp3) is 0.440. The highest BCUT2D eigenvalue weighted by Gasteiger charge is 2.29. The van der Waals surface area contributed by atoms with Gasteiger partial charge in [-0.25, -0.2) is 0 Å². The summed E-state index contributed by atoms with van der Waals surface area (Å²) >= 11 is 0. The summed E-state index contributed by atoms with van der Waals surface area (Å²) in [6.07, 6.45) is 2.75. The van der Waals surface area contributed by atoms with Gasteiger partial charge in [0.2, 0.25) is 0 Å². The Morgan fingerprint density at radius 3 is 2.34 bits per heavy atom. The van der Waals surface area contributed by atoms with Crippen LogP contribution in [-0.2, 0) is 4.79 Å². The second kappa shape index (κ2) is 10.2. The number of carbonyl (C=O) groups excluding carboxylic acids is 2. The summed E-state index contributed by atoms with van der Waals surface area (Å²) < 4.78 is 11.4. The van der Waals surface area contributed by atoms with E-state index in [-0.39, 0.29) is 11.8 Å². The van der Waals surface area contributed by atoms with E-state index in [2.05, 4.69) is 6.07 Å². The summed E-state index contributed by atoms with van der Waals surface area (Å²) in [7, 11) is 0. The van der Waals surface area contributed by atoms with E-state index in [1.165, 1.54) is 0 Å². The third kappa shape index (κ3) is 6.74. The van der Waals surface area contributed by atoms with Crippen LogP contribution in [0, 0.1) is 19.3 Å². The number of carbonyl (C=O) groups is 2. The third-order valence-electron chi connectivity index (χ3n) is 4.96. The molecule has 4 nitrogen and oxygen atoms in total. The number of benzene rings is 2. The molecule has 0 aliphatic rings. The molecule has 0 unspecified atom stereocenters. The minimum absolute atomic E-state index is 0.106. The van der Waals surface area contributed by atoms with Gasteiger partial charge in [-0.2, -0.15) is 0 Å². The Bertz CT molecular complexity index is 834. The largest absolute Gasteiger partial charge is 0.493 e. The van der Waals surface area contributed by atoms with Crippen LogP contribution < -0.4 is 9.47 Å². The van der Waals surface area contributed by atoms with Crippen LogP contribution in [0.2, 0.25) is 0 Å². The Balaban J connectivity index is 1.84. The predicted molar refractivity (Wildman–Crippen MR) is 116 cm³/mol. The van der Waals surface area contributed by atoms with Crippen molar-refractivity contribution in [2.24, 2.45) is 5.41 Å². The van der Waals surface area contributed by atoms with E-state index in [9.17, 15) is 9.59 Å². The maximum Gasteiger partial charge on any atom is 0.316 e. The topological polar surface area (TPSA) is 52.6 Å². The number of Topliss-reactive ketones (excluding diaryl/α,β-unsaturated/α-hetero) is 1. The Labute approximate surface area is 174 Å². The first-order valence-electron chi connectivity index (χ1n) is 10.3. The molecule has 0 atom stereocenters. The van der Waals surface area contributed by atoms with Gasteiger partial charge >= 0.3 is 5.97 Å². The van der Waals surface area contributed by atoms with Gasteiger partial charge in [-0.1, -0.05) is 19.1 Å². The molecule has 4 heteroatoms. The number of hydrogen-bond acceptors (Lipinski definition) is 4. The summed E-state index contributed by atoms with van der Waals surface area (Å²) in [4.78, 5) is 24.5. The Morgan fingerprint density at radius 1 is 1.00 bits per heavy atom. The van der Waals surface area contributed by atoms with Gasteiger partial charge in [-0.3, -0.25) is 9.59 Å². The molecule has 0 aromatic heterocycles. The Hall–Kier alpha value is -2.62. The van der Waals surface area contributed by atoms with E-state index in [1.807, 2.05) is 46.8 Å². The molecule has 2 aromatic carbocycles. The molecule has 0 amide bonds. The van der Waals surface area contributed by atoms with Crippen LogP contribution >= 0.6 is 0 Å². The Kier molecular flexibility index (Phi) is 8.00. The molecule has 29 heavy (non-hydrogen) atoms. The molecule has 0 aliphatic heterocycles. The maximum absolute atomic E-state index is 12.6. The van der Waals surface area contributed by atoms with Crippen LogP contribution in [0.3, 0.4) is 0 Å². The molecule has 0 heterocycles. The second-order valence-corrected chi connectivity index (χ2v) is 8.19. The van der Waals surface area contributed by atoms with Crippen molar-refractivity contribution in [3.05, 3.63) is 59.2 Å². The van der Waals surface area contributed by atoms with Crippen LogP contribution in [0.15, 0.2) is 42.5 Å². The fourth-order valence-corrected chi connectivity index (χ4v) is 2.99. The number of esters is 1. The number of aryl methyl sites for hydroxylation is 2. The standard InChI is InChI=1S/C25H32O4/c1-6-8-22(26)20-11-13-21(14-12-20)29-24(27)25(4,5)15-7-16-28-23-17-18(2)9-10-19(23)3/h9-14,17H,6-8,15-16H2,1-5H3. The van der Waals surface area contributed by atoms with Gasteiger partial charge in [-0.15, -0.1) is 0 Å². The first kappa shape index (κ1) is 22.7. The van der Waals surface area contributed by atoms with Crippen molar-refractivity contribution >= 4 is 11.8 Å². The highest BCUT2D eigenvalue weighted by molar-refractivity contribution is 5.96. The SMILES string of the molecule is CCCC(=O)c1ccc(OC(=O)C(C)(C)CCCOc2cc(C)ccc2C)cc1. The quantitative estimate of drug-likeness (QED) is 0.211. The van der Waals surface area contributed by atoms with E-state index in [1.54, 1.807) is 24.3 Å². The summed E-state index contributed by atoms with van der Waals surface area (Å²) in [5, 5.41) is 0. The molecule has 2 aromatic rings. The van der Waals surface area contributed by atoms with Crippen LogP contribution in [0.5, 0.6) is 11.5 Å². The molecular formula is C25H32O4. The number of hydrogen-bond donors (Lipinski definition) is 0. The van der Waals surface area contributed by atoms with Gasteiger partial charge in [0.15, 0.2) is 5.78 Å². The zero-order valence-electron chi connectivity index (χ0n) is 18.2. The molecule has 0 N–H and O–H groups in total. The first-order valence-corrected chi connectivity index (χ1v) is 10.3. The molecule has 0 aliphatic carbocycles. The first-order chi connectivity index (χ1) is 13.7. The lowest BCUT2D eigenvalue weighted by Crippen LogP contribution is -2.29. The lowest BCUT2D eigenvalue weighted by molar-refractivity contribution is -0.144. The minimum Gasteiger partial charge on any atom is -0.493 e. The van der Waals surface area contributed by atoms with Crippen molar-refractivity contribution in [1.29, 1.82) is 0 Å². The highest BCUT2D eigenvalue weighted by Crippen LogP contribution is 2.27. The van der Waals surface area contributed by atoms with Crippen molar-refractivity contribution in [2.75, 3.05) is 6.61 Å². The van der Waals surface area contributed by atoms with Crippen LogP contribution in [0.25, 0.3) is 0 Å². The molecule has 156 valence electrons. The monoisotopic (exact) mass is 396 g/mol. The number of ether oxygens (including phenoxy) is 2. The Morgan fingerprint density at radius 2 is 1.69 bits per heavy atom. The minimum atomic E-state index is -0.623. The molecule has 0 saturated carbocycles. The zero-order valence-corrected chi connectivity index (χ0v) is 18.2. The fourth-order valence-electron chi connectivity index (χ4n) is 2.99. The van der Waals surface area contributed by atoms with E-state index < -0.39 is 5.41 Å². The summed E-state index contributed by atoms with van der Waals surface area (Å²) in [5.41, 5.74) is 2.29. The predicted octanol–water partition coefficient (Wildman–Crippen LogP) is 6.08. The van der Waals surface area contributed by atoms with E-state index in [0.717, 1.165) is 29.7 Å². The summed E-state index contributed by atoms with van der Waals surface area (Å²) in [6.45, 7) is 10.4. The van der Waals surface area contributed by atoms with Gasteiger partial charge in [0.05, 0.1) is 12.0 Å². The average molecular weight is 397 g/mol. The zero-order chi connectivity index (χ0) is 21.4. The molecule has 0 fully saturated rings. The number of ketones is 1. The smallest absolute Gasteiger partial charge is 0.316 e. The van der Waals surface area contributed by atoms with Gasteiger partial charge in [0.25, 0.3) is 0 Å². The molecule has 0 saturated heterocycles. The van der Waals surface area contributed by atoms with Crippen molar-refractivity contribution < 1.29 is 19.1 Å². The normalized spacial score (nSPS) is 11.2. The van der Waals surface area contributed by atoms with Crippen LogP contribution in [-0.4, -0.2) is 18.4 Å². The van der Waals surface area contributed by atoms with Gasteiger partial charge in [0, 0.05) is 12.0 Å². The van der Waals surface area contributed by atoms with E-state index in [4.69, 9.17) is 9.47 Å². The second-order valence-electron chi connectivity index (χ2n) is 8.19.